The van der Waals surface area contributed by atoms with Crippen molar-refractivity contribution in [3.63, 3.8) is 0 Å². The van der Waals surface area contributed by atoms with E-state index in [0.717, 1.165) is 0 Å². The van der Waals surface area contributed by atoms with Crippen molar-refractivity contribution in [2.45, 2.75) is 94.6 Å². The van der Waals surface area contributed by atoms with Gasteiger partial charge in [-0.25, -0.2) is 0 Å². The topological polar surface area (TPSA) is 162 Å². The van der Waals surface area contributed by atoms with Crippen LogP contribution in [0.5, 0.6) is 0 Å². The van der Waals surface area contributed by atoms with Gasteiger partial charge in [0.2, 0.25) is 5.79 Å². The van der Waals surface area contributed by atoms with Gasteiger partial charge >= 0.3 is 17.9 Å². The maximum absolute atomic E-state index is 13.1. The van der Waals surface area contributed by atoms with E-state index in [9.17, 15) is 29.7 Å². The average Bonchev–Trinajstić information content (AvgIpc) is 3.51. The molecule has 2 spiro atoms. The standard InChI is InChI=1S/C28H34O11/c1-14(29)37-21-22(2,3)17-9-18(30)36-13-24(17)16-5-7-23(4)20(15-6-8-35-11-15)38-19(31)10-27(23,33)26(16)12-25(21,32)28(24,34)39-26/h6,8,11,16-17,20-21,32-34H,5,7,9-10,12-13H2,1-4H3/t16?,17-,20-,21-,23-,24+,25+,26+,27-,28+/m1/s1. The van der Waals surface area contributed by atoms with Crippen LogP contribution < -0.4 is 0 Å². The molecule has 2 bridgehead atoms. The zero-order valence-corrected chi connectivity index (χ0v) is 22.4. The van der Waals surface area contributed by atoms with Crippen molar-refractivity contribution in [1.82, 2.24) is 0 Å². The molecule has 11 heteroatoms. The van der Waals surface area contributed by atoms with Crippen molar-refractivity contribution in [3.05, 3.63) is 24.2 Å². The van der Waals surface area contributed by atoms with Gasteiger partial charge in [0.05, 0.1) is 24.4 Å². The number of carbonyl (C=O) groups is 3. The van der Waals surface area contributed by atoms with Crippen molar-refractivity contribution in [2.24, 2.45) is 28.1 Å². The number of cyclic esters (lactones) is 2. The fourth-order valence-corrected chi connectivity index (χ4v) is 10.3. The molecule has 6 fully saturated rings. The largest absolute Gasteiger partial charge is 0.472 e. The predicted molar refractivity (Wildman–Crippen MR) is 127 cm³/mol. The number of ether oxygens (including phenoxy) is 4. The van der Waals surface area contributed by atoms with Crippen LogP contribution >= 0.6 is 0 Å². The minimum Gasteiger partial charge on any atom is -0.472 e. The lowest BCUT2D eigenvalue weighted by atomic mass is 9.34. The Kier molecular flexibility index (Phi) is 4.61. The van der Waals surface area contributed by atoms with Crippen LogP contribution in [-0.2, 0) is 33.3 Å². The van der Waals surface area contributed by atoms with Gasteiger partial charge in [0.15, 0.2) is 5.60 Å². The summed E-state index contributed by atoms with van der Waals surface area (Å²) in [6.45, 7) is 6.43. The van der Waals surface area contributed by atoms with Gasteiger partial charge in [-0.2, -0.15) is 0 Å². The minimum absolute atomic E-state index is 0.0888. The first-order chi connectivity index (χ1) is 18.1. The summed E-state index contributed by atoms with van der Waals surface area (Å²) in [6, 6.07) is 1.68. The molecule has 4 saturated heterocycles. The molecule has 1 aromatic rings. The number of aliphatic hydroxyl groups is 3. The van der Waals surface area contributed by atoms with E-state index in [1.54, 1.807) is 6.07 Å². The maximum atomic E-state index is 13.1. The first kappa shape index (κ1) is 25.5. The fraction of sp³-hybridized carbons (Fsp3) is 0.750. The molecule has 212 valence electrons. The third-order valence-corrected chi connectivity index (χ3v) is 11.7. The fourth-order valence-electron chi connectivity index (χ4n) is 10.3. The quantitative estimate of drug-likeness (QED) is 0.364. The normalized spacial score (nSPS) is 52.7. The van der Waals surface area contributed by atoms with Gasteiger partial charge in [0.1, 0.15) is 30.0 Å². The molecule has 7 rings (SSSR count). The maximum Gasteiger partial charge on any atom is 0.309 e. The Labute approximate surface area is 224 Å². The highest BCUT2D eigenvalue weighted by Crippen LogP contribution is 2.83. The molecular weight excluding hydrogens is 512 g/mol. The zero-order chi connectivity index (χ0) is 28.0. The molecule has 39 heavy (non-hydrogen) atoms. The highest BCUT2D eigenvalue weighted by atomic mass is 16.7. The number of hydrogen-bond donors (Lipinski definition) is 3. The van der Waals surface area contributed by atoms with Crippen molar-refractivity contribution in [1.29, 1.82) is 0 Å². The van der Waals surface area contributed by atoms with Crippen molar-refractivity contribution in [2.75, 3.05) is 6.61 Å². The van der Waals surface area contributed by atoms with E-state index in [0.29, 0.717) is 18.4 Å². The van der Waals surface area contributed by atoms with E-state index < -0.39 is 87.2 Å². The van der Waals surface area contributed by atoms with Crippen molar-refractivity contribution in [3.8, 4) is 0 Å². The van der Waals surface area contributed by atoms with Gasteiger partial charge in [-0.15, -0.1) is 0 Å². The second kappa shape index (κ2) is 7.05. The van der Waals surface area contributed by atoms with Crippen molar-refractivity contribution < 1.29 is 53.1 Å². The van der Waals surface area contributed by atoms with Crippen LogP contribution in [0.3, 0.4) is 0 Å². The molecule has 10 atom stereocenters. The summed E-state index contributed by atoms with van der Waals surface area (Å²) in [5, 5.41) is 38.0. The van der Waals surface area contributed by atoms with Crippen LogP contribution in [0.2, 0.25) is 0 Å². The summed E-state index contributed by atoms with van der Waals surface area (Å²) in [7, 11) is 0. The number of carbonyl (C=O) groups excluding carboxylic acids is 3. The number of fused-ring (bicyclic) bond motifs is 1. The molecule has 6 aliphatic rings. The summed E-state index contributed by atoms with van der Waals surface area (Å²) in [4.78, 5) is 38.1. The van der Waals surface area contributed by atoms with E-state index in [-0.39, 0.29) is 19.4 Å². The molecule has 1 unspecified atom stereocenters. The minimum atomic E-state index is -2.33. The summed E-state index contributed by atoms with van der Waals surface area (Å²) < 4.78 is 29.0. The average molecular weight is 547 g/mol. The van der Waals surface area contributed by atoms with Gasteiger partial charge in [0, 0.05) is 42.1 Å². The SMILES string of the molecule is CC(=O)O[C@@H]1C(C)(C)[C@H]2CC(=O)OC[C@]23C2CC[C@]4(C)[C@@H](c5ccoc5)OC(=O)C[C@]4(O)[C@]24C[C@@]1(O)[C@@]3(O)O4. The smallest absolute Gasteiger partial charge is 0.309 e. The third-order valence-electron chi connectivity index (χ3n) is 11.7. The first-order valence-corrected chi connectivity index (χ1v) is 13.5. The Balaban J connectivity index is 1.47. The monoisotopic (exact) mass is 546 g/mol. The Morgan fingerprint density at radius 1 is 1.10 bits per heavy atom. The second-order valence-electron chi connectivity index (χ2n) is 13.5. The second-order valence-corrected chi connectivity index (χ2v) is 13.5. The number of rotatable bonds is 2. The highest BCUT2D eigenvalue weighted by molar-refractivity contribution is 5.74. The van der Waals surface area contributed by atoms with E-state index in [1.165, 1.54) is 19.5 Å². The molecule has 1 aromatic heterocycles. The lowest BCUT2D eigenvalue weighted by Crippen LogP contribution is -2.84. The summed E-state index contributed by atoms with van der Waals surface area (Å²) in [5.74, 6) is -5.33. The molecule has 0 amide bonds. The number of furan rings is 1. The molecule has 3 N–H and O–H groups in total. The molecule has 0 radical (unpaired) electrons. The van der Waals surface area contributed by atoms with Gasteiger partial charge < -0.3 is 38.7 Å². The van der Waals surface area contributed by atoms with E-state index in [2.05, 4.69) is 0 Å². The van der Waals surface area contributed by atoms with Gasteiger partial charge in [-0.05, 0) is 24.8 Å². The van der Waals surface area contributed by atoms with Crippen LogP contribution in [0.15, 0.2) is 23.0 Å². The molecule has 2 aliphatic carbocycles. The number of hydrogen-bond acceptors (Lipinski definition) is 11. The van der Waals surface area contributed by atoms with Crippen LogP contribution in [0.4, 0.5) is 0 Å². The summed E-state index contributed by atoms with van der Waals surface area (Å²) in [5.41, 5.74) is -8.52. The third kappa shape index (κ3) is 2.46. The highest BCUT2D eigenvalue weighted by Gasteiger charge is 2.96. The Morgan fingerprint density at radius 3 is 2.51 bits per heavy atom. The summed E-state index contributed by atoms with van der Waals surface area (Å²) >= 11 is 0. The molecule has 4 aliphatic heterocycles. The van der Waals surface area contributed by atoms with Crippen LogP contribution in [0.25, 0.3) is 0 Å². The Hall–Kier alpha value is -2.47. The van der Waals surface area contributed by atoms with Gasteiger partial charge in [-0.3, -0.25) is 14.4 Å². The number of esters is 3. The Morgan fingerprint density at radius 2 is 1.85 bits per heavy atom. The lowest BCUT2D eigenvalue weighted by molar-refractivity contribution is -0.388. The van der Waals surface area contributed by atoms with Crippen molar-refractivity contribution >= 4 is 17.9 Å². The van der Waals surface area contributed by atoms with E-state index in [1.807, 2.05) is 20.8 Å². The molecular formula is C28H34O11. The molecule has 5 heterocycles. The van der Waals surface area contributed by atoms with Crippen LogP contribution in [-0.4, -0.2) is 68.5 Å². The lowest BCUT2D eigenvalue weighted by Gasteiger charge is -2.71. The first-order valence-electron chi connectivity index (χ1n) is 13.5. The molecule has 2 saturated carbocycles. The predicted octanol–water partition coefficient (Wildman–Crippen LogP) is 1.53. The molecule has 0 aromatic carbocycles. The zero-order valence-electron chi connectivity index (χ0n) is 22.4. The van der Waals surface area contributed by atoms with E-state index >= 15 is 0 Å². The molecule has 11 nitrogen and oxygen atoms in total. The van der Waals surface area contributed by atoms with Gasteiger partial charge in [-0.1, -0.05) is 20.8 Å². The van der Waals surface area contributed by atoms with E-state index in [4.69, 9.17) is 23.4 Å². The Bertz CT molecular complexity index is 1290. The van der Waals surface area contributed by atoms with Crippen LogP contribution in [0, 0.1) is 28.1 Å². The summed E-state index contributed by atoms with van der Waals surface area (Å²) in [6.07, 6.45) is 0.814. The van der Waals surface area contributed by atoms with Crippen LogP contribution in [0.1, 0.15) is 71.5 Å². The van der Waals surface area contributed by atoms with Gasteiger partial charge in [0.25, 0.3) is 0 Å².